The molecule has 2 unspecified atom stereocenters. The van der Waals surface area contributed by atoms with Crippen molar-refractivity contribution in [2.45, 2.75) is 55.9 Å². The van der Waals surface area contributed by atoms with E-state index in [4.69, 9.17) is 10.5 Å². The van der Waals surface area contributed by atoms with Crippen molar-refractivity contribution in [2.24, 2.45) is 5.73 Å². The van der Waals surface area contributed by atoms with Crippen molar-refractivity contribution in [3.8, 4) is 6.19 Å². The lowest BCUT2D eigenvalue weighted by atomic mass is 10.1. The minimum Gasteiger partial charge on any atom is -0.445 e. The molecule has 1 aromatic rings. The summed E-state index contributed by atoms with van der Waals surface area (Å²) >= 11 is 5.79. The second kappa shape index (κ2) is 12.5. The van der Waals surface area contributed by atoms with Gasteiger partial charge < -0.3 is 15.4 Å². The van der Waals surface area contributed by atoms with E-state index in [1.165, 1.54) is 40.9 Å². The molecule has 1 aromatic carbocycles. The van der Waals surface area contributed by atoms with Crippen molar-refractivity contribution in [3.63, 3.8) is 0 Å². The van der Waals surface area contributed by atoms with E-state index in [9.17, 15) is 29.8 Å². The highest BCUT2D eigenvalue weighted by atomic mass is 32.2. The summed E-state index contributed by atoms with van der Waals surface area (Å²) < 4.78 is 5.41. The maximum absolute atomic E-state index is 13.3. The Morgan fingerprint density at radius 2 is 2.06 bits per heavy atom. The summed E-state index contributed by atoms with van der Waals surface area (Å²) in [6.07, 6.45) is 1.45. The van der Waals surface area contributed by atoms with Crippen LogP contribution in [0.5, 0.6) is 0 Å². The molecular formula is C21H27N5O6S2. The van der Waals surface area contributed by atoms with Gasteiger partial charge in [0.2, 0.25) is 5.91 Å². The number of hydrogen-bond donors (Lipinski definition) is 2. The Hall–Kier alpha value is -2.98. The molecule has 34 heavy (non-hydrogen) atoms. The molecule has 0 aromatic heterocycles. The Bertz CT molecular complexity index is 954. The number of likely N-dealkylation sites (tertiary alicyclic amines) is 1. The van der Waals surface area contributed by atoms with E-state index in [2.05, 4.69) is 12.6 Å². The number of thiol groups is 1. The summed E-state index contributed by atoms with van der Waals surface area (Å²) in [5.41, 5.74) is 5.72. The first kappa shape index (κ1) is 27.3. The highest BCUT2D eigenvalue weighted by Gasteiger charge is 2.44. The molecule has 2 N–H and O–H groups in total. The second-order valence-electron chi connectivity index (χ2n) is 7.79. The summed E-state index contributed by atoms with van der Waals surface area (Å²) in [4.78, 5) is 50.1. The van der Waals surface area contributed by atoms with Crippen LogP contribution in [0, 0.1) is 21.6 Å². The number of amides is 3. The number of carbonyl (C=O) groups excluding carboxylic acids is 3. The number of nitro groups is 1. The molecule has 184 valence electrons. The van der Waals surface area contributed by atoms with Crippen molar-refractivity contribution in [1.29, 1.82) is 5.26 Å². The van der Waals surface area contributed by atoms with Gasteiger partial charge in [0.25, 0.3) is 11.6 Å². The summed E-state index contributed by atoms with van der Waals surface area (Å²) in [7, 11) is 0. The molecule has 11 nitrogen and oxygen atoms in total. The van der Waals surface area contributed by atoms with Crippen molar-refractivity contribution in [2.75, 3.05) is 12.3 Å². The summed E-state index contributed by atoms with van der Waals surface area (Å²) in [5, 5.41) is 19.4. The number of hydrogen-bond acceptors (Lipinski definition) is 9. The van der Waals surface area contributed by atoms with Crippen LogP contribution in [0.25, 0.3) is 0 Å². The Labute approximate surface area is 207 Å². The van der Waals surface area contributed by atoms with Crippen LogP contribution in [0.2, 0.25) is 0 Å². The Kier molecular flexibility index (Phi) is 10.0. The molecule has 0 saturated carbocycles. The molecule has 0 bridgehead atoms. The van der Waals surface area contributed by atoms with Crippen LogP contribution in [-0.4, -0.2) is 67.5 Å². The number of nitrogens with two attached hydrogens (primary N) is 1. The molecule has 0 radical (unpaired) electrons. The number of thioether (sulfide) groups is 1. The zero-order valence-corrected chi connectivity index (χ0v) is 20.5. The lowest BCUT2D eigenvalue weighted by Gasteiger charge is -2.32. The van der Waals surface area contributed by atoms with E-state index in [0.29, 0.717) is 17.7 Å². The number of non-ortho nitro benzene ring substituents is 1. The number of benzene rings is 1. The lowest BCUT2D eigenvalue weighted by molar-refractivity contribution is -0.384. The Balaban J connectivity index is 2.16. The maximum atomic E-state index is 13.3. The van der Waals surface area contributed by atoms with Gasteiger partial charge >= 0.3 is 6.09 Å². The van der Waals surface area contributed by atoms with Gasteiger partial charge in [0, 0.05) is 30.3 Å². The standard InChI is InChI=1S/C21H27N5O6S2/c1-3-34-19(20(28)25(12-22)13(2)8-18(23)27)17-9-16(33)10-24(17)21(29)32-11-14-4-6-15(7-5-14)26(30)31/h4-7,13,16-17,19,33H,3,8-11H2,1-2H3,(H2,23,27)/t13?,16-,17-,19?/m0/s1. The smallest absolute Gasteiger partial charge is 0.410 e. The zero-order valence-electron chi connectivity index (χ0n) is 18.8. The van der Waals surface area contributed by atoms with Crippen LogP contribution in [0.1, 0.15) is 32.3 Å². The van der Waals surface area contributed by atoms with E-state index >= 15 is 0 Å². The van der Waals surface area contributed by atoms with Crippen LogP contribution in [0.15, 0.2) is 24.3 Å². The number of carbonyl (C=O) groups is 3. The number of rotatable bonds is 10. The third-order valence-electron chi connectivity index (χ3n) is 5.29. The third-order valence-corrected chi connectivity index (χ3v) is 6.87. The summed E-state index contributed by atoms with van der Waals surface area (Å²) in [6.45, 7) is 3.58. The van der Waals surface area contributed by atoms with Gasteiger partial charge in [-0.15, -0.1) is 11.8 Å². The quantitative estimate of drug-likeness (QED) is 0.160. The van der Waals surface area contributed by atoms with E-state index in [1.54, 1.807) is 6.92 Å². The van der Waals surface area contributed by atoms with Crippen molar-refractivity contribution < 1.29 is 24.0 Å². The van der Waals surface area contributed by atoms with Gasteiger partial charge in [0.15, 0.2) is 6.19 Å². The fourth-order valence-corrected chi connectivity index (χ4v) is 5.18. The van der Waals surface area contributed by atoms with Crippen LogP contribution in [-0.2, 0) is 20.9 Å². The molecule has 1 fully saturated rings. The van der Waals surface area contributed by atoms with Crippen molar-refractivity contribution in [3.05, 3.63) is 39.9 Å². The molecule has 3 amide bonds. The highest BCUT2D eigenvalue weighted by Crippen LogP contribution is 2.32. The first-order chi connectivity index (χ1) is 16.1. The molecule has 1 heterocycles. The number of ether oxygens (including phenoxy) is 1. The van der Waals surface area contributed by atoms with E-state index in [-0.39, 0.29) is 30.5 Å². The monoisotopic (exact) mass is 509 g/mol. The average Bonchev–Trinajstić information content (AvgIpc) is 3.17. The predicted octanol–water partition coefficient (Wildman–Crippen LogP) is 2.30. The second-order valence-corrected chi connectivity index (χ2v) is 9.94. The fourth-order valence-electron chi connectivity index (χ4n) is 3.69. The molecule has 4 atom stereocenters. The van der Waals surface area contributed by atoms with Crippen LogP contribution in [0.4, 0.5) is 10.5 Å². The van der Waals surface area contributed by atoms with Gasteiger partial charge in [-0.1, -0.05) is 6.92 Å². The van der Waals surface area contributed by atoms with E-state index in [1.807, 2.05) is 13.1 Å². The maximum Gasteiger partial charge on any atom is 0.410 e. The molecule has 0 spiro atoms. The average molecular weight is 510 g/mol. The number of primary amides is 1. The molecule has 1 saturated heterocycles. The zero-order chi connectivity index (χ0) is 25.4. The SMILES string of the molecule is CCSC(C(=O)N(C#N)C(C)CC(N)=O)[C@@H]1C[C@H](S)CN1C(=O)OCc1ccc([N+](=O)[O-])cc1. The van der Waals surface area contributed by atoms with Gasteiger partial charge in [-0.25, -0.2) is 9.69 Å². The third kappa shape index (κ3) is 7.01. The van der Waals surface area contributed by atoms with E-state index in [0.717, 1.165) is 4.90 Å². The molecule has 0 aliphatic carbocycles. The van der Waals surface area contributed by atoms with Crippen LogP contribution < -0.4 is 5.73 Å². The lowest BCUT2D eigenvalue weighted by Crippen LogP contribution is -2.50. The Morgan fingerprint density at radius 1 is 1.41 bits per heavy atom. The normalized spacial score (nSPS) is 19.1. The van der Waals surface area contributed by atoms with Crippen LogP contribution >= 0.6 is 24.4 Å². The van der Waals surface area contributed by atoms with Gasteiger partial charge in [0.05, 0.1) is 17.0 Å². The van der Waals surface area contributed by atoms with Gasteiger partial charge in [-0.2, -0.15) is 17.9 Å². The summed E-state index contributed by atoms with van der Waals surface area (Å²) in [5.74, 6) is -0.587. The molecule has 13 heteroatoms. The number of nitriles is 1. The molecule has 2 rings (SSSR count). The van der Waals surface area contributed by atoms with Gasteiger partial charge in [-0.3, -0.25) is 19.7 Å². The van der Waals surface area contributed by atoms with Crippen molar-refractivity contribution >= 4 is 48.0 Å². The number of nitro benzene ring substituents is 1. The van der Waals surface area contributed by atoms with Crippen LogP contribution in [0.3, 0.4) is 0 Å². The van der Waals surface area contributed by atoms with Gasteiger partial charge in [-0.05, 0) is 36.8 Å². The topological polar surface area (TPSA) is 160 Å². The van der Waals surface area contributed by atoms with Gasteiger partial charge in [0.1, 0.15) is 11.9 Å². The molecular weight excluding hydrogens is 482 g/mol. The highest BCUT2D eigenvalue weighted by molar-refractivity contribution is 8.00. The largest absolute Gasteiger partial charge is 0.445 e. The minimum absolute atomic E-state index is 0.0712. The molecule has 1 aliphatic heterocycles. The minimum atomic E-state index is -0.760. The predicted molar refractivity (Wildman–Crippen MR) is 129 cm³/mol. The first-order valence-electron chi connectivity index (χ1n) is 10.6. The number of nitrogens with zero attached hydrogens (tertiary/aromatic N) is 4. The Morgan fingerprint density at radius 3 is 2.59 bits per heavy atom. The van der Waals surface area contributed by atoms with Crippen molar-refractivity contribution in [1.82, 2.24) is 9.80 Å². The first-order valence-corrected chi connectivity index (χ1v) is 12.1. The fraction of sp³-hybridized carbons (Fsp3) is 0.524. The summed E-state index contributed by atoms with van der Waals surface area (Å²) in [6, 6.07) is 4.35. The molecule has 1 aliphatic rings. The van der Waals surface area contributed by atoms with E-state index < -0.39 is 40.2 Å².